The first-order chi connectivity index (χ1) is 17.6. The van der Waals surface area contributed by atoms with Gasteiger partial charge >= 0.3 is 0 Å². The molecule has 0 saturated carbocycles. The molecule has 36 heavy (non-hydrogen) atoms. The standard InChI is InChI=1S/C29H33N5O2/c1-2-15-34-26-14-13-22(20-25(26)30-28(34)31-29(35)36)21-32-16-18-33(19-17-32)27(23-9-5-3-6-10-23)24-11-7-4-8-12-24/h3-14,20,27H,2,15-19,21H2,1H3,(H,30,31)(H,35,36)/p-1. The van der Waals surface area contributed by atoms with Gasteiger partial charge in [-0.1, -0.05) is 73.7 Å². The van der Waals surface area contributed by atoms with Crippen molar-refractivity contribution in [2.75, 3.05) is 31.5 Å². The molecule has 1 fully saturated rings. The fourth-order valence-corrected chi connectivity index (χ4v) is 5.23. The molecule has 1 aromatic heterocycles. The van der Waals surface area contributed by atoms with Crippen LogP contribution in [0.3, 0.4) is 0 Å². The zero-order valence-corrected chi connectivity index (χ0v) is 20.6. The molecule has 0 bridgehead atoms. The monoisotopic (exact) mass is 482 g/mol. The third-order valence-electron chi connectivity index (χ3n) is 6.88. The third kappa shape index (κ3) is 5.27. The van der Waals surface area contributed by atoms with Crippen LogP contribution in [0.2, 0.25) is 0 Å². The Balaban J connectivity index is 1.29. The molecule has 5 rings (SSSR count). The van der Waals surface area contributed by atoms with Crippen molar-refractivity contribution in [3.8, 4) is 0 Å². The summed E-state index contributed by atoms with van der Waals surface area (Å²) in [5, 5.41) is 13.4. The molecular formula is C29H32N5O2-. The van der Waals surface area contributed by atoms with Crippen LogP contribution in [0, 0.1) is 0 Å². The average molecular weight is 483 g/mol. The predicted octanol–water partition coefficient (Wildman–Crippen LogP) is 4.11. The number of aromatic nitrogens is 2. The van der Waals surface area contributed by atoms with E-state index in [1.54, 1.807) is 0 Å². The molecule has 3 aromatic carbocycles. The minimum atomic E-state index is -1.34. The van der Waals surface area contributed by atoms with Gasteiger partial charge in [-0.05, 0) is 35.2 Å². The first-order valence-corrected chi connectivity index (χ1v) is 12.7. The number of aryl methyl sites for hydroxylation is 1. The summed E-state index contributed by atoms with van der Waals surface area (Å²) in [6.07, 6.45) is -0.461. The molecule has 2 heterocycles. The molecule has 1 aliphatic heterocycles. The molecule has 0 aliphatic carbocycles. The van der Waals surface area contributed by atoms with E-state index in [1.807, 2.05) is 10.6 Å². The molecule has 7 heteroatoms. The minimum Gasteiger partial charge on any atom is -0.530 e. The molecule has 1 saturated heterocycles. The molecule has 1 aliphatic rings. The van der Waals surface area contributed by atoms with Crippen LogP contribution >= 0.6 is 0 Å². The van der Waals surface area contributed by atoms with E-state index in [9.17, 15) is 9.90 Å². The number of fused-ring (bicyclic) bond motifs is 1. The van der Waals surface area contributed by atoms with E-state index >= 15 is 0 Å². The van der Waals surface area contributed by atoms with Gasteiger partial charge in [-0.3, -0.25) is 9.80 Å². The van der Waals surface area contributed by atoms with Crippen LogP contribution in [0.1, 0.15) is 36.1 Å². The van der Waals surface area contributed by atoms with Gasteiger partial charge in [0.15, 0.2) is 0 Å². The number of carboxylic acid groups (broad SMARTS) is 1. The number of carbonyl (C=O) groups excluding carboxylic acids is 1. The highest BCUT2D eigenvalue weighted by atomic mass is 16.4. The van der Waals surface area contributed by atoms with E-state index in [1.165, 1.54) is 16.7 Å². The molecule has 4 aromatic rings. The Hall–Kier alpha value is -3.68. The Kier molecular flexibility index (Phi) is 7.30. The van der Waals surface area contributed by atoms with Gasteiger partial charge in [0.05, 0.1) is 17.1 Å². The SMILES string of the molecule is CCCn1c(NC(=O)[O-])nc2cc(CN3CCN(C(c4ccccc4)c4ccccc4)CC3)ccc21. The summed E-state index contributed by atoms with van der Waals surface area (Å²) in [4.78, 5) is 20.7. The van der Waals surface area contributed by atoms with Gasteiger partial charge in [-0.2, -0.15) is 0 Å². The van der Waals surface area contributed by atoms with Gasteiger partial charge in [0.1, 0.15) is 6.09 Å². The lowest BCUT2D eigenvalue weighted by atomic mass is 9.96. The zero-order chi connectivity index (χ0) is 24.9. The summed E-state index contributed by atoms with van der Waals surface area (Å²) in [5.74, 6) is 0.325. The Labute approximate surface area is 212 Å². The maximum Gasteiger partial charge on any atom is 0.209 e. The number of amides is 1. The van der Waals surface area contributed by atoms with Crippen LogP contribution in [0.5, 0.6) is 0 Å². The van der Waals surface area contributed by atoms with Crippen molar-refractivity contribution < 1.29 is 9.90 Å². The number of anilines is 1. The number of piperazine rings is 1. The predicted molar refractivity (Wildman–Crippen MR) is 141 cm³/mol. The molecule has 0 atom stereocenters. The average Bonchev–Trinajstić information content (AvgIpc) is 3.22. The Morgan fingerprint density at radius 1 is 0.944 bits per heavy atom. The highest BCUT2D eigenvalue weighted by Gasteiger charge is 2.26. The maximum atomic E-state index is 11.1. The molecule has 1 N–H and O–H groups in total. The highest BCUT2D eigenvalue weighted by Crippen LogP contribution is 2.30. The van der Waals surface area contributed by atoms with Gasteiger partial charge in [-0.25, -0.2) is 4.98 Å². The lowest BCUT2D eigenvalue weighted by molar-refractivity contribution is -0.242. The minimum absolute atomic E-state index is 0.253. The van der Waals surface area contributed by atoms with Crippen LogP contribution < -0.4 is 10.4 Å². The van der Waals surface area contributed by atoms with Crippen LogP contribution in [0.15, 0.2) is 78.9 Å². The number of hydrogen-bond acceptors (Lipinski definition) is 5. The Morgan fingerprint density at radius 3 is 2.17 bits per heavy atom. The van der Waals surface area contributed by atoms with Crippen molar-refractivity contribution in [3.05, 3.63) is 95.6 Å². The molecule has 0 unspecified atom stereocenters. The van der Waals surface area contributed by atoms with Crippen molar-refractivity contribution in [2.45, 2.75) is 32.5 Å². The van der Waals surface area contributed by atoms with Crippen molar-refractivity contribution in [2.24, 2.45) is 0 Å². The fourth-order valence-electron chi connectivity index (χ4n) is 5.23. The van der Waals surface area contributed by atoms with Crippen LogP contribution in [-0.4, -0.2) is 51.6 Å². The summed E-state index contributed by atoms with van der Waals surface area (Å²) < 4.78 is 1.90. The summed E-state index contributed by atoms with van der Waals surface area (Å²) >= 11 is 0. The quantitative estimate of drug-likeness (QED) is 0.409. The van der Waals surface area contributed by atoms with Gasteiger partial charge in [0.2, 0.25) is 5.95 Å². The molecular weight excluding hydrogens is 450 g/mol. The molecule has 1 amide bonds. The van der Waals surface area contributed by atoms with Crippen molar-refractivity contribution in [1.29, 1.82) is 0 Å². The number of carbonyl (C=O) groups is 1. The van der Waals surface area contributed by atoms with E-state index < -0.39 is 6.09 Å². The zero-order valence-electron chi connectivity index (χ0n) is 20.6. The van der Waals surface area contributed by atoms with Crippen LogP contribution in [0.4, 0.5) is 10.7 Å². The number of nitrogens with zero attached hydrogens (tertiary/aromatic N) is 4. The summed E-state index contributed by atoms with van der Waals surface area (Å²) in [6, 6.07) is 28.0. The van der Waals surface area contributed by atoms with E-state index in [4.69, 9.17) is 0 Å². The van der Waals surface area contributed by atoms with Gasteiger partial charge in [0, 0.05) is 39.3 Å². The number of rotatable bonds is 8. The summed E-state index contributed by atoms with van der Waals surface area (Å²) in [6.45, 7) is 7.53. The number of imidazole rings is 1. The van der Waals surface area contributed by atoms with Gasteiger partial charge in [-0.15, -0.1) is 0 Å². The van der Waals surface area contributed by atoms with Crippen LogP contribution in [0.25, 0.3) is 11.0 Å². The molecule has 0 spiro atoms. The summed E-state index contributed by atoms with van der Waals surface area (Å²) in [7, 11) is 0. The second-order valence-corrected chi connectivity index (χ2v) is 9.36. The van der Waals surface area contributed by atoms with E-state index in [2.05, 4.69) is 99.8 Å². The number of benzene rings is 3. The largest absolute Gasteiger partial charge is 0.530 e. The fraction of sp³-hybridized carbons (Fsp3) is 0.310. The highest BCUT2D eigenvalue weighted by molar-refractivity contribution is 5.85. The smallest absolute Gasteiger partial charge is 0.209 e. The lowest BCUT2D eigenvalue weighted by Crippen LogP contribution is -2.47. The molecule has 7 nitrogen and oxygen atoms in total. The first-order valence-electron chi connectivity index (χ1n) is 12.7. The Morgan fingerprint density at radius 2 is 1.58 bits per heavy atom. The second kappa shape index (κ2) is 10.9. The van der Waals surface area contributed by atoms with Gasteiger partial charge in [0.25, 0.3) is 0 Å². The number of hydrogen-bond donors (Lipinski definition) is 1. The van der Waals surface area contributed by atoms with Gasteiger partial charge < -0.3 is 19.8 Å². The van der Waals surface area contributed by atoms with E-state index in [-0.39, 0.29) is 6.04 Å². The lowest BCUT2D eigenvalue weighted by Gasteiger charge is -2.39. The molecule has 186 valence electrons. The first kappa shape index (κ1) is 24.0. The number of nitrogens with one attached hydrogen (secondary N) is 1. The normalized spacial score (nSPS) is 14.9. The van der Waals surface area contributed by atoms with E-state index in [0.29, 0.717) is 12.5 Å². The van der Waals surface area contributed by atoms with Crippen molar-refractivity contribution in [3.63, 3.8) is 0 Å². The second-order valence-electron chi connectivity index (χ2n) is 9.36. The maximum absolute atomic E-state index is 11.1. The topological polar surface area (TPSA) is 76.5 Å². The summed E-state index contributed by atoms with van der Waals surface area (Å²) in [5.41, 5.74) is 5.57. The van der Waals surface area contributed by atoms with Crippen molar-refractivity contribution in [1.82, 2.24) is 19.4 Å². The molecule has 0 radical (unpaired) electrons. The van der Waals surface area contributed by atoms with Crippen LogP contribution in [-0.2, 0) is 13.1 Å². The van der Waals surface area contributed by atoms with E-state index in [0.717, 1.165) is 50.2 Å². The third-order valence-corrected chi connectivity index (χ3v) is 6.88. The van der Waals surface area contributed by atoms with Crippen molar-refractivity contribution >= 4 is 23.1 Å². The Bertz CT molecular complexity index is 1260.